The van der Waals surface area contributed by atoms with Gasteiger partial charge in [-0.15, -0.1) is 0 Å². The van der Waals surface area contributed by atoms with E-state index in [-0.39, 0.29) is 36.1 Å². The van der Waals surface area contributed by atoms with E-state index in [1.54, 1.807) is 6.92 Å². The van der Waals surface area contributed by atoms with E-state index in [1.807, 2.05) is 13.8 Å². The van der Waals surface area contributed by atoms with Crippen molar-refractivity contribution in [3.05, 3.63) is 0 Å². The summed E-state index contributed by atoms with van der Waals surface area (Å²) in [7, 11) is 0. The lowest BCUT2D eigenvalue weighted by Crippen LogP contribution is -2.58. The summed E-state index contributed by atoms with van der Waals surface area (Å²) < 4.78 is 25.2. The highest BCUT2D eigenvalue weighted by Gasteiger charge is 2.65. The van der Waals surface area contributed by atoms with E-state index >= 15 is 0 Å². The predicted octanol–water partition coefficient (Wildman–Crippen LogP) is 11.4. The van der Waals surface area contributed by atoms with Gasteiger partial charge in [-0.25, -0.2) is 0 Å². The summed E-state index contributed by atoms with van der Waals surface area (Å²) in [6, 6.07) is 0. The Hall–Kier alpha value is -1.67. The van der Waals surface area contributed by atoms with Gasteiger partial charge in [-0.2, -0.15) is 0 Å². The van der Waals surface area contributed by atoms with Crippen LogP contribution in [-0.4, -0.2) is 58.1 Å². The number of carbonyl (C=O) groups excluding carboxylic acids is 3. The van der Waals surface area contributed by atoms with Gasteiger partial charge in [0.2, 0.25) is 0 Å². The van der Waals surface area contributed by atoms with E-state index in [0.29, 0.717) is 31.6 Å². The third-order valence-electron chi connectivity index (χ3n) is 13.3. The van der Waals surface area contributed by atoms with E-state index < -0.39 is 41.1 Å². The van der Waals surface area contributed by atoms with Crippen LogP contribution in [0.25, 0.3) is 0 Å². The summed E-state index contributed by atoms with van der Waals surface area (Å²) in [5.41, 5.74) is -3.20. The molecule has 0 aromatic rings. The molecule has 8 nitrogen and oxygen atoms in total. The highest BCUT2D eigenvalue weighted by molar-refractivity contribution is 5.69. The first kappa shape index (κ1) is 46.7. The van der Waals surface area contributed by atoms with Gasteiger partial charge in [-0.05, 0) is 64.7 Å². The molecule has 8 heteroatoms. The summed E-state index contributed by atoms with van der Waals surface area (Å²) in [6.45, 7) is 15.2. The minimum Gasteiger partial charge on any atom is -0.459 e. The van der Waals surface area contributed by atoms with Crippen molar-refractivity contribution in [2.45, 2.75) is 251 Å². The molecule has 1 saturated carbocycles. The van der Waals surface area contributed by atoms with Crippen LogP contribution in [0.3, 0.4) is 0 Å². The van der Waals surface area contributed by atoms with Crippen LogP contribution < -0.4 is 0 Å². The standard InChI is InChI=1S/C46H82O8/c1-9-10-11-12-13-14-15-16-17-18-19-20-21-22-23-24-25-26-27-28-40(49)52-39-30-32-46(8,54-36(5)48)43-41-37(34(2)3)29-31-45(7,53-35(4)47)42(41)38(51-43)33-44(39,6)50/h34,37-39,41-43,50H,9-33H2,1-8H3/t37-,38-,39+,41-,42-,43-,44+,45-,46-/m0/s1. The molecule has 2 heterocycles. The van der Waals surface area contributed by atoms with Crippen LogP contribution >= 0.6 is 0 Å². The molecule has 2 aliphatic heterocycles. The first-order valence-corrected chi connectivity index (χ1v) is 22.6. The first-order chi connectivity index (χ1) is 25.6. The van der Waals surface area contributed by atoms with E-state index in [1.165, 1.54) is 117 Å². The molecule has 1 N–H and O–H groups in total. The fraction of sp³-hybridized carbons (Fsp3) is 0.935. The molecule has 2 bridgehead atoms. The van der Waals surface area contributed by atoms with Crippen molar-refractivity contribution in [2.75, 3.05) is 0 Å². The summed E-state index contributed by atoms with van der Waals surface area (Å²) in [4.78, 5) is 38.2. The van der Waals surface area contributed by atoms with Gasteiger partial charge in [0.15, 0.2) is 0 Å². The van der Waals surface area contributed by atoms with Gasteiger partial charge >= 0.3 is 17.9 Å². The zero-order valence-corrected chi connectivity index (χ0v) is 36.0. The normalized spacial score (nSPS) is 32.3. The number of hydrogen-bond acceptors (Lipinski definition) is 8. The van der Waals surface area contributed by atoms with Gasteiger partial charge in [0.05, 0.1) is 6.10 Å². The monoisotopic (exact) mass is 763 g/mol. The molecule has 314 valence electrons. The predicted molar refractivity (Wildman–Crippen MR) is 216 cm³/mol. The third-order valence-corrected chi connectivity index (χ3v) is 13.3. The van der Waals surface area contributed by atoms with Crippen molar-refractivity contribution in [1.29, 1.82) is 0 Å². The van der Waals surface area contributed by atoms with Crippen molar-refractivity contribution >= 4 is 17.9 Å². The lowest BCUT2D eigenvalue weighted by atomic mass is 9.57. The fourth-order valence-electron chi connectivity index (χ4n) is 10.5. The molecule has 0 radical (unpaired) electrons. The number of carbonyl (C=O) groups is 3. The Morgan fingerprint density at radius 2 is 1.13 bits per heavy atom. The van der Waals surface area contributed by atoms with Gasteiger partial charge in [-0.3, -0.25) is 14.4 Å². The summed E-state index contributed by atoms with van der Waals surface area (Å²) in [5, 5.41) is 12.1. The van der Waals surface area contributed by atoms with Crippen LogP contribution in [-0.2, 0) is 33.3 Å². The van der Waals surface area contributed by atoms with Crippen molar-refractivity contribution in [3.63, 3.8) is 0 Å². The number of unbranched alkanes of at least 4 members (excludes halogenated alkanes) is 18. The SMILES string of the molecule is CCCCCCCCCCCCCCCCCCCCCC(=O)O[C@@H]1CC[C@](C)(OC(C)=O)[C@H]2O[C@@H](C[C@@]1(C)O)[C@H]1[C@@H]2[C@H](C(C)C)CC[C@]1(C)OC(C)=O. The molecule has 1 aliphatic carbocycles. The Kier molecular flexibility index (Phi) is 19.8. The molecular formula is C46H82O8. The Morgan fingerprint density at radius 3 is 1.59 bits per heavy atom. The van der Waals surface area contributed by atoms with Gasteiger partial charge in [0.1, 0.15) is 29.0 Å². The maximum atomic E-state index is 13.2. The second-order valence-electron chi connectivity index (χ2n) is 18.6. The van der Waals surface area contributed by atoms with E-state index in [9.17, 15) is 19.5 Å². The molecule has 0 amide bonds. The maximum absolute atomic E-state index is 13.2. The average molecular weight is 763 g/mol. The fourth-order valence-corrected chi connectivity index (χ4v) is 10.5. The number of esters is 3. The molecule has 0 spiro atoms. The molecule has 0 unspecified atom stereocenters. The minimum absolute atomic E-state index is 0.0401. The molecule has 2 saturated heterocycles. The molecule has 3 rings (SSSR count). The van der Waals surface area contributed by atoms with Crippen LogP contribution in [0.5, 0.6) is 0 Å². The largest absolute Gasteiger partial charge is 0.459 e. The molecule has 0 aromatic carbocycles. The number of fused-ring (bicyclic) bond motifs is 5. The van der Waals surface area contributed by atoms with Crippen LogP contribution in [0, 0.1) is 23.7 Å². The highest BCUT2D eigenvalue weighted by Crippen LogP contribution is 2.58. The quantitative estimate of drug-likeness (QED) is 0.0588. The van der Waals surface area contributed by atoms with Gasteiger partial charge in [-0.1, -0.05) is 136 Å². The molecule has 9 atom stereocenters. The third kappa shape index (κ3) is 14.4. The summed E-state index contributed by atoms with van der Waals surface area (Å²) in [5.74, 6) is -0.691. The van der Waals surface area contributed by atoms with Crippen molar-refractivity contribution in [1.82, 2.24) is 0 Å². The second kappa shape index (κ2) is 22.9. The zero-order chi connectivity index (χ0) is 39.8. The van der Waals surface area contributed by atoms with Gasteiger partial charge < -0.3 is 24.1 Å². The minimum atomic E-state index is -1.39. The van der Waals surface area contributed by atoms with Gasteiger partial charge in [0.25, 0.3) is 0 Å². The number of rotatable bonds is 24. The Balaban J connectivity index is 1.45. The number of ether oxygens (including phenoxy) is 4. The van der Waals surface area contributed by atoms with Crippen molar-refractivity contribution < 1.29 is 38.4 Å². The maximum Gasteiger partial charge on any atom is 0.306 e. The highest BCUT2D eigenvalue weighted by atomic mass is 16.6. The first-order valence-electron chi connectivity index (χ1n) is 22.6. The van der Waals surface area contributed by atoms with Crippen LogP contribution in [0.2, 0.25) is 0 Å². The zero-order valence-electron chi connectivity index (χ0n) is 36.0. The Bertz CT molecular complexity index is 1120. The Morgan fingerprint density at radius 1 is 0.685 bits per heavy atom. The smallest absolute Gasteiger partial charge is 0.306 e. The van der Waals surface area contributed by atoms with Gasteiger partial charge in [0, 0.05) is 38.5 Å². The summed E-state index contributed by atoms with van der Waals surface area (Å²) in [6.07, 6.45) is 25.8. The molecular weight excluding hydrogens is 680 g/mol. The molecule has 3 fully saturated rings. The Labute approximate surface area is 330 Å². The topological polar surface area (TPSA) is 108 Å². The van der Waals surface area contributed by atoms with Crippen molar-refractivity contribution in [3.8, 4) is 0 Å². The molecule has 3 aliphatic rings. The summed E-state index contributed by atoms with van der Waals surface area (Å²) >= 11 is 0. The second-order valence-corrected chi connectivity index (χ2v) is 18.6. The van der Waals surface area contributed by atoms with E-state index in [0.717, 1.165) is 25.7 Å². The lowest BCUT2D eigenvalue weighted by molar-refractivity contribution is -0.185. The molecule has 54 heavy (non-hydrogen) atoms. The van der Waals surface area contributed by atoms with Crippen LogP contribution in [0.15, 0.2) is 0 Å². The van der Waals surface area contributed by atoms with Crippen LogP contribution in [0.1, 0.15) is 216 Å². The number of aliphatic hydroxyl groups is 1. The number of hydrogen-bond donors (Lipinski definition) is 1. The average Bonchev–Trinajstić information content (AvgIpc) is 3.48. The van der Waals surface area contributed by atoms with Crippen LogP contribution in [0.4, 0.5) is 0 Å². The van der Waals surface area contributed by atoms with E-state index in [4.69, 9.17) is 18.9 Å². The van der Waals surface area contributed by atoms with E-state index in [2.05, 4.69) is 20.8 Å². The molecule has 0 aromatic heterocycles. The lowest BCUT2D eigenvalue weighted by Gasteiger charge is -2.51. The van der Waals surface area contributed by atoms with Crippen molar-refractivity contribution in [2.24, 2.45) is 23.7 Å².